The van der Waals surface area contributed by atoms with Crippen molar-refractivity contribution >= 4 is 23.1 Å². The molecule has 0 radical (unpaired) electrons. The summed E-state index contributed by atoms with van der Waals surface area (Å²) in [5.41, 5.74) is 10.3. The lowest BCUT2D eigenvalue weighted by Crippen LogP contribution is -2.20. The van der Waals surface area contributed by atoms with Crippen LogP contribution in [0.15, 0.2) is 60.8 Å². The molecule has 0 bridgehead atoms. The molecular formula is C25H26N4O4. The Kier molecular flexibility index (Phi) is 6.46. The first-order valence-corrected chi connectivity index (χ1v) is 10.6. The molecule has 0 spiro atoms. The molecule has 0 unspecified atom stereocenters. The fraction of sp³-hybridized carbons (Fsp3) is 0.200. The molecule has 33 heavy (non-hydrogen) atoms. The number of nitrogens with zero attached hydrogens (tertiary/aromatic N) is 2. The number of carbonyl (C=O) groups excluding carboxylic acids is 1. The zero-order valence-corrected chi connectivity index (χ0v) is 18.5. The smallest absolute Gasteiger partial charge is 0.255 e. The van der Waals surface area contributed by atoms with Gasteiger partial charge in [-0.2, -0.15) is 0 Å². The maximum Gasteiger partial charge on any atom is 0.255 e. The van der Waals surface area contributed by atoms with E-state index < -0.39 is 5.91 Å². The lowest BCUT2D eigenvalue weighted by Gasteiger charge is -2.17. The van der Waals surface area contributed by atoms with Gasteiger partial charge in [-0.25, -0.2) is 4.98 Å². The molecule has 2 aromatic carbocycles. The third-order valence-corrected chi connectivity index (χ3v) is 5.20. The SMILES string of the molecule is Cc1cccc(C)c1Nc1c(-c2c(OCCO)cccc2OCC(N)=O)nc2ccccn12. The molecule has 170 valence electrons. The van der Waals surface area contributed by atoms with Gasteiger partial charge < -0.3 is 25.6 Å². The Morgan fingerprint density at radius 2 is 1.73 bits per heavy atom. The normalized spacial score (nSPS) is 10.9. The predicted molar refractivity (Wildman–Crippen MR) is 127 cm³/mol. The van der Waals surface area contributed by atoms with E-state index in [-0.39, 0.29) is 19.8 Å². The fourth-order valence-corrected chi connectivity index (χ4v) is 3.71. The van der Waals surface area contributed by atoms with Crippen LogP contribution in [-0.2, 0) is 4.79 Å². The summed E-state index contributed by atoms with van der Waals surface area (Å²) >= 11 is 0. The fourth-order valence-electron chi connectivity index (χ4n) is 3.71. The minimum atomic E-state index is -0.591. The van der Waals surface area contributed by atoms with Gasteiger partial charge in [-0.3, -0.25) is 9.20 Å². The number of nitrogens with one attached hydrogen (secondary N) is 1. The highest BCUT2D eigenvalue weighted by Gasteiger charge is 2.23. The molecule has 0 saturated carbocycles. The average molecular weight is 447 g/mol. The summed E-state index contributed by atoms with van der Waals surface area (Å²) in [5, 5.41) is 12.9. The summed E-state index contributed by atoms with van der Waals surface area (Å²) in [6.07, 6.45) is 1.92. The number of benzene rings is 2. The monoisotopic (exact) mass is 446 g/mol. The predicted octanol–water partition coefficient (Wildman–Crippen LogP) is 3.60. The summed E-state index contributed by atoms with van der Waals surface area (Å²) in [7, 11) is 0. The van der Waals surface area contributed by atoms with Gasteiger partial charge in [0.25, 0.3) is 5.91 Å². The molecule has 8 nitrogen and oxygen atoms in total. The molecule has 0 fully saturated rings. The van der Waals surface area contributed by atoms with Gasteiger partial charge in [-0.15, -0.1) is 0 Å². The van der Waals surface area contributed by atoms with Crippen LogP contribution in [0, 0.1) is 13.8 Å². The number of anilines is 2. The zero-order chi connectivity index (χ0) is 23.4. The number of aromatic nitrogens is 2. The van der Waals surface area contributed by atoms with Crippen LogP contribution in [0.1, 0.15) is 11.1 Å². The van der Waals surface area contributed by atoms with E-state index in [4.69, 9.17) is 20.2 Å². The number of fused-ring (bicyclic) bond motifs is 1. The molecule has 8 heteroatoms. The number of rotatable bonds is 9. The molecule has 0 atom stereocenters. The van der Waals surface area contributed by atoms with E-state index in [9.17, 15) is 9.90 Å². The third kappa shape index (κ3) is 4.61. The van der Waals surface area contributed by atoms with Gasteiger partial charge in [0, 0.05) is 11.9 Å². The molecule has 0 aliphatic rings. The lowest BCUT2D eigenvalue weighted by molar-refractivity contribution is -0.119. The van der Waals surface area contributed by atoms with E-state index in [2.05, 4.69) is 5.32 Å². The number of hydrogen-bond donors (Lipinski definition) is 3. The van der Waals surface area contributed by atoms with Crippen LogP contribution in [0.3, 0.4) is 0 Å². The van der Waals surface area contributed by atoms with Gasteiger partial charge in [-0.1, -0.05) is 30.3 Å². The van der Waals surface area contributed by atoms with Crippen molar-refractivity contribution in [2.24, 2.45) is 5.73 Å². The number of amides is 1. The first-order valence-electron chi connectivity index (χ1n) is 10.6. The van der Waals surface area contributed by atoms with Crippen LogP contribution in [0.4, 0.5) is 11.5 Å². The molecule has 4 N–H and O–H groups in total. The van der Waals surface area contributed by atoms with Crippen molar-refractivity contribution in [2.75, 3.05) is 25.1 Å². The van der Waals surface area contributed by atoms with Crippen molar-refractivity contribution < 1.29 is 19.4 Å². The Labute approximate surface area is 191 Å². The number of ether oxygens (including phenoxy) is 2. The second-order valence-electron chi connectivity index (χ2n) is 7.59. The van der Waals surface area contributed by atoms with E-state index in [0.717, 1.165) is 22.5 Å². The zero-order valence-electron chi connectivity index (χ0n) is 18.5. The average Bonchev–Trinajstić information content (AvgIpc) is 3.16. The van der Waals surface area contributed by atoms with Crippen LogP contribution in [0.25, 0.3) is 16.9 Å². The van der Waals surface area contributed by atoms with Crippen LogP contribution in [0.5, 0.6) is 11.5 Å². The van der Waals surface area contributed by atoms with Crippen LogP contribution < -0.4 is 20.5 Å². The molecular weight excluding hydrogens is 420 g/mol. The van der Waals surface area contributed by atoms with E-state index in [1.54, 1.807) is 18.2 Å². The summed E-state index contributed by atoms with van der Waals surface area (Å²) in [5.74, 6) is 0.995. The number of pyridine rings is 1. The van der Waals surface area contributed by atoms with Crippen molar-refractivity contribution in [1.29, 1.82) is 0 Å². The van der Waals surface area contributed by atoms with E-state index >= 15 is 0 Å². The quantitative estimate of drug-likeness (QED) is 0.362. The first-order chi connectivity index (χ1) is 16.0. The highest BCUT2D eigenvalue weighted by atomic mass is 16.5. The number of imidazole rings is 1. The van der Waals surface area contributed by atoms with Crippen LogP contribution in [-0.4, -0.2) is 40.2 Å². The summed E-state index contributed by atoms with van der Waals surface area (Å²) in [6.45, 7) is 3.74. The standard InChI is InChI=1S/C25H26N4O4/c1-16-7-5-8-17(2)23(16)28-25-24(27-21-11-3-4-12-29(21)25)22-18(32-14-13-30)9-6-10-19(22)33-15-20(26)31/h3-12,28,30H,13-15H2,1-2H3,(H2,26,31). The van der Waals surface area contributed by atoms with E-state index in [1.165, 1.54) is 0 Å². The lowest BCUT2D eigenvalue weighted by atomic mass is 10.1. The molecule has 2 aromatic heterocycles. The summed E-state index contributed by atoms with van der Waals surface area (Å²) in [4.78, 5) is 16.3. The van der Waals surface area contributed by atoms with Crippen LogP contribution >= 0.6 is 0 Å². The van der Waals surface area contributed by atoms with E-state index in [0.29, 0.717) is 28.6 Å². The van der Waals surface area contributed by atoms with E-state index in [1.807, 2.05) is 60.8 Å². The number of nitrogens with two attached hydrogens (primary N) is 1. The van der Waals surface area contributed by atoms with Crippen molar-refractivity contribution in [3.8, 4) is 22.8 Å². The Hall–Kier alpha value is -4.04. The maximum atomic E-state index is 11.4. The van der Waals surface area contributed by atoms with Gasteiger partial charge in [0.1, 0.15) is 35.3 Å². The third-order valence-electron chi connectivity index (χ3n) is 5.20. The van der Waals surface area contributed by atoms with Gasteiger partial charge in [0.2, 0.25) is 0 Å². The van der Waals surface area contributed by atoms with Gasteiger partial charge in [-0.05, 0) is 49.2 Å². The number of carbonyl (C=O) groups is 1. The van der Waals surface area contributed by atoms with Crippen LogP contribution in [0.2, 0.25) is 0 Å². The van der Waals surface area contributed by atoms with Gasteiger partial charge in [0.05, 0.1) is 12.2 Å². The minimum absolute atomic E-state index is 0.0965. The largest absolute Gasteiger partial charge is 0.490 e. The number of hydrogen-bond acceptors (Lipinski definition) is 6. The van der Waals surface area contributed by atoms with Crippen molar-refractivity contribution in [2.45, 2.75) is 13.8 Å². The van der Waals surface area contributed by atoms with Crippen molar-refractivity contribution in [1.82, 2.24) is 9.38 Å². The molecule has 0 saturated heterocycles. The van der Waals surface area contributed by atoms with Crippen molar-refractivity contribution in [3.05, 3.63) is 71.9 Å². The second-order valence-corrected chi connectivity index (χ2v) is 7.59. The minimum Gasteiger partial charge on any atom is -0.490 e. The molecule has 0 aliphatic heterocycles. The second kappa shape index (κ2) is 9.62. The molecule has 4 aromatic rings. The first kappa shape index (κ1) is 22.2. The Bertz CT molecular complexity index is 1280. The summed E-state index contributed by atoms with van der Waals surface area (Å²) in [6, 6.07) is 17.1. The number of aliphatic hydroxyl groups is 1. The Morgan fingerprint density at radius 1 is 1.03 bits per heavy atom. The highest BCUT2D eigenvalue weighted by Crippen LogP contribution is 2.43. The van der Waals surface area contributed by atoms with Gasteiger partial charge in [0.15, 0.2) is 6.61 Å². The Balaban J connectivity index is 1.94. The molecule has 1 amide bonds. The topological polar surface area (TPSA) is 111 Å². The Morgan fingerprint density at radius 3 is 2.42 bits per heavy atom. The molecule has 2 heterocycles. The van der Waals surface area contributed by atoms with Gasteiger partial charge >= 0.3 is 0 Å². The molecule has 0 aliphatic carbocycles. The number of aryl methyl sites for hydroxylation is 2. The maximum absolute atomic E-state index is 11.4. The molecule has 4 rings (SSSR count). The number of para-hydroxylation sites is 1. The number of aliphatic hydroxyl groups excluding tert-OH is 1. The summed E-state index contributed by atoms with van der Waals surface area (Å²) < 4.78 is 13.5. The highest BCUT2D eigenvalue weighted by molar-refractivity contribution is 5.87. The van der Waals surface area contributed by atoms with Crippen molar-refractivity contribution in [3.63, 3.8) is 0 Å². The number of primary amides is 1.